The molecule has 0 bridgehead atoms. The molecule has 2 N–H and O–H groups in total. The van der Waals surface area contributed by atoms with Crippen LogP contribution in [-0.4, -0.2) is 38.7 Å². The highest BCUT2D eigenvalue weighted by molar-refractivity contribution is 7.91. The smallest absolute Gasteiger partial charge is 0.150 e. The fraction of sp³-hybridized carbons (Fsp3) is 1.00. The first kappa shape index (κ1) is 12.9. The van der Waals surface area contributed by atoms with E-state index in [-0.39, 0.29) is 11.5 Å². The summed E-state index contributed by atoms with van der Waals surface area (Å²) in [6.07, 6.45) is 3.00. The van der Waals surface area contributed by atoms with Crippen molar-refractivity contribution in [2.45, 2.75) is 38.1 Å². The van der Waals surface area contributed by atoms with Crippen LogP contribution in [0.4, 0.5) is 0 Å². The number of rotatable bonds is 5. The van der Waals surface area contributed by atoms with Gasteiger partial charge in [-0.1, -0.05) is 6.92 Å². The minimum Gasteiger partial charge on any atom is -0.380 e. The highest BCUT2D eigenvalue weighted by Gasteiger charge is 2.29. The summed E-state index contributed by atoms with van der Waals surface area (Å²) in [6.45, 7) is 3.12. The van der Waals surface area contributed by atoms with Gasteiger partial charge in [0.15, 0.2) is 0 Å². The Bertz CT molecular complexity index is 281. The minimum absolute atomic E-state index is 0.195. The third-order valence-corrected chi connectivity index (χ3v) is 4.64. The maximum atomic E-state index is 11.5. The Labute approximate surface area is 92.1 Å². The molecule has 1 rings (SSSR count). The second-order valence-electron chi connectivity index (χ2n) is 4.42. The molecule has 0 aromatic heterocycles. The molecule has 0 radical (unpaired) electrons. The van der Waals surface area contributed by atoms with E-state index >= 15 is 0 Å². The summed E-state index contributed by atoms with van der Waals surface area (Å²) in [7, 11) is -2.90. The van der Waals surface area contributed by atoms with Crippen LogP contribution in [0.1, 0.15) is 32.6 Å². The fourth-order valence-corrected chi connectivity index (χ4v) is 3.39. The van der Waals surface area contributed by atoms with Crippen LogP contribution in [-0.2, 0) is 14.6 Å². The number of ether oxygens (including phenoxy) is 1. The van der Waals surface area contributed by atoms with E-state index in [0.717, 1.165) is 19.4 Å². The van der Waals surface area contributed by atoms with Gasteiger partial charge in [0.1, 0.15) is 9.84 Å². The Morgan fingerprint density at radius 1 is 1.40 bits per heavy atom. The van der Waals surface area contributed by atoms with Crippen LogP contribution in [0.3, 0.4) is 0 Å². The highest BCUT2D eigenvalue weighted by Crippen LogP contribution is 2.20. The molecule has 0 spiro atoms. The Balaban J connectivity index is 2.41. The van der Waals surface area contributed by atoms with E-state index in [9.17, 15) is 8.42 Å². The van der Waals surface area contributed by atoms with Gasteiger partial charge in [-0.2, -0.15) is 0 Å². The third kappa shape index (κ3) is 4.49. The first-order chi connectivity index (χ1) is 6.97. The third-order valence-electron chi connectivity index (χ3n) is 2.78. The van der Waals surface area contributed by atoms with E-state index in [4.69, 9.17) is 10.5 Å². The van der Waals surface area contributed by atoms with Gasteiger partial charge in [-0.15, -0.1) is 0 Å². The SMILES string of the molecule is CCCS(=O)(=O)CCC1(N)CCCOC1. The normalized spacial score (nSPS) is 27.9. The van der Waals surface area contributed by atoms with Crippen molar-refractivity contribution in [2.24, 2.45) is 5.73 Å². The van der Waals surface area contributed by atoms with Crippen molar-refractivity contribution in [2.75, 3.05) is 24.7 Å². The van der Waals surface area contributed by atoms with Gasteiger partial charge in [-0.3, -0.25) is 0 Å². The fourth-order valence-electron chi connectivity index (χ4n) is 1.84. The van der Waals surface area contributed by atoms with E-state index < -0.39 is 15.4 Å². The zero-order valence-corrected chi connectivity index (χ0v) is 10.2. The lowest BCUT2D eigenvalue weighted by atomic mass is 9.91. The summed E-state index contributed by atoms with van der Waals surface area (Å²) < 4.78 is 28.3. The second-order valence-corrected chi connectivity index (χ2v) is 6.72. The van der Waals surface area contributed by atoms with E-state index in [1.807, 2.05) is 6.92 Å². The van der Waals surface area contributed by atoms with Gasteiger partial charge in [-0.25, -0.2) is 8.42 Å². The summed E-state index contributed by atoms with van der Waals surface area (Å²) >= 11 is 0. The highest BCUT2D eigenvalue weighted by atomic mass is 32.2. The van der Waals surface area contributed by atoms with Crippen molar-refractivity contribution >= 4 is 9.84 Å². The van der Waals surface area contributed by atoms with Crippen molar-refractivity contribution in [3.63, 3.8) is 0 Å². The van der Waals surface area contributed by atoms with E-state index in [1.54, 1.807) is 0 Å². The molecule has 1 unspecified atom stereocenters. The molecular weight excluding hydrogens is 214 g/mol. The van der Waals surface area contributed by atoms with Crippen molar-refractivity contribution in [3.05, 3.63) is 0 Å². The van der Waals surface area contributed by atoms with Crippen LogP contribution in [0.15, 0.2) is 0 Å². The van der Waals surface area contributed by atoms with Crippen LogP contribution >= 0.6 is 0 Å². The monoisotopic (exact) mass is 235 g/mol. The molecule has 1 aliphatic heterocycles. The Hall–Kier alpha value is -0.130. The van der Waals surface area contributed by atoms with Crippen molar-refractivity contribution in [3.8, 4) is 0 Å². The molecule has 1 heterocycles. The zero-order valence-electron chi connectivity index (χ0n) is 9.37. The van der Waals surface area contributed by atoms with Crippen LogP contribution < -0.4 is 5.73 Å². The van der Waals surface area contributed by atoms with Gasteiger partial charge in [0.05, 0.1) is 12.4 Å². The predicted octanol–water partition coefficient (Wildman–Crippen LogP) is 0.709. The molecule has 15 heavy (non-hydrogen) atoms. The molecule has 1 aliphatic rings. The lowest BCUT2D eigenvalue weighted by molar-refractivity contribution is 0.0368. The van der Waals surface area contributed by atoms with E-state index in [0.29, 0.717) is 19.4 Å². The van der Waals surface area contributed by atoms with Gasteiger partial charge in [0.2, 0.25) is 0 Å². The van der Waals surface area contributed by atoms with Crippen LogP contribution in [0.25, 0.3) is 0 Å². The quantitative estimate of drug-likeness (QED) is 0.762. The molecule has 4 nitrogen and oxygen atoms in total. The first-order valence-corrected chi connectivity index (χ1v) is 7.37. The van der Waals surface area contributed by atoms with Crippen molar-refractivity contribution in [1.82, 2.24) is 0 Å². The summed E-state index contributed by atoms with van der Waals surface area (Å²) in [5, 5.41) is 0. The molecule has 1 fully saturated rings. The average Bonchev–Trinajstić information content (AvgIpc) is 2.17. The summed E-state index contributed by atoms with van der Waals surface area (Å²) in [6, 6.07) is 0. The number of hydrogen-bond donors (Lipinski definition) is 1. The molecule has 0 aliphatic carbocycles. The van der Waals surface area contributed by atoms with Crippen LogP contribution in [0.5, 0.6) is 0 Å². The van der Waals surface area contributed by atoms with Crippen LogP contribution in [0, 0.1) is 0 Å². The molecule has 90 valence electrons. The molecule has 0 saturated carbocycles. The van der Waals surface area contributed by atoms with Crippen molar-refractivity contribution in [1.29, 1.82) is 0 Å². The molecule has 1 saturated heterocycles. The maximum Gasteiger partial charge on any atom is 0.150 e. The number of sulfone groups is 1. The lowest BCUT2D eigenvalue weighted by Gasteiger charge is -2.33. The number of nitrogens with two attached hydrogens (primary N) is 1. The van der Waals surface area contributed by atoms with E-state index in [1.165, 1.54) is 0 Å². The largest absolute Gasteiger partial charge is 0.380 e. The summed E-state index contributed by atoms with van der Waals surface area (Å²) in [5.74, 6) is 0.463. The minimum atomic E-state index is -2.90. The van der Waals surface area contributed by atoms with Gasteiger partial charge in [-0.05, 0) is 25.7 Å². The van der Waals surface area contributed by atoms with Crippen molar-refractivity contribution < 1.29 is 13.2 Å². The molecule has 1 atom stereocenters. The Morgan fingerprint density at radius 2 is 2.13 bits per heavy atom. The summed E-state index contributed by atoms with van der Waals surface area (Å²) in [4.78, 5) is 0. The molecule has 0 aromatic rings. The Morgan fingerprint density at radius 3 is 2.67 bits per heavy atom. The average molecular weight is 235 g/mol. The summed E-state index contributed by atoms with van der Waals surface area (Å²) in [5.41, 5.74) is 5.66. The topological polar surface area (TPSA) is 69.4 Å². The van der Waals surface area contributed by atoms with E-state index in [2.05, 4.69) is 0 Å². The lowest BCUT2D eigenvalue weighted by Crippen LogP contribution is -2.48. The van der Waals surface area contributed by atoms with Crippen LogP contribution in [0.2, 0.25) is 0 Å². The molecule has 5 heteroatoms. The van der Waals surface area contributed by atoms with Gasteiger partial charge in [0, 0.05) is 17.9 Å². The standard InChI is InChI=1S/C10H21NO3S/c1-2-7-15(12,13)8-5-10(11)4-3-6-14-9-10/h2-9,11H2,1H3. The number of hydrogen-bond acceptors (Lipinski definition) is 4. The zero-order chi connectivity index (χ0) is 11.4. The predicted molar refractivity (Wildman–Crippen MR) is 60.5 cm³/mol. The molecular formula is C10H21NO3S. The second kappa shape index (κ2) is 5.27. The maximum absolute atomic E-state index is 11.5. The molecule has 0 aromatic carbocycles. The van der Waals surface area contributed by atoms with Gasteiger partial charge >= 0.3 is 0 Å². The van der Waals surface area contributed by atoms with Gasteiger partial charge < -0.3 is 10.5 Å². The molecule has 0 amide bonds. The first-order valence-electron chi connectivity index (χ1n) is 5.54. The Kier molecular flexibility index (Phi) is 4.55. The van der Waals surface area contributed by atoms with Gasteiger partial charge in [0.25, 0.3) is 0 Å².